The Morgan fingerprint density at radius 1 is 1.00 bits per heavy atom. The minimum Gasteiger partial charge on any atom is -0.444 e. The molecule has 0 unspecified atom stereocenters. The topological polar surface area (TPSA) is 74.8 Å². The zero-order valence-electron chi connectivity index (χ0n) is 16.7. The zero-order chi connectivity index (χ0) is 18.9. The van der Waals surface area contributed by atoms with E-state index in [0.29, 0.717) is 13.1 Å². The molecule has 148 valence electrons. The minimum absolute atomic E-state index is 0. The number of aliphatic imine (C=N–C) groups is 1. The number of alkyl carbamates (subject to hydrolysis) is 1. The predicted molar refractivity (Wildman–Crippen MR) is 119 cm³/mol. The number of aryl methyl sites for hydroxylation is 2. The number of carbonyl (C=O) groups is 1. The van der Waals surface area contributed by atoms with Crippen molar-refractivity contribution in [2.24, 2.45) is 4.99 Å². The highest BCUT2D eigenvalue weighted by molar-refractivity contribution is 14.0. The lowest BCUT2D eigenvalue weighted by molar-refractivity contribution is 0.0529. The van der Waals surface area contributed by atoms with Crippen LogP contribution in [0.4, 0.5) is 4.79 Å². The number of carbonyl (C=O) groups excluding carboxylic acids is 1. The molecule has 0 saturated heterocycles. The van der Waals surface area contributed by atoms with Crippen molar-refractivity contribution in [3.05, 3.63) is 34.9 Å². The van der Waals surface area contributed by atoms with E-state index in [1.165, 1.54) is 16.7 Å². The van der Waals surface area contributed by atoms with Crippen molar-refractivity contribution in [3.8, 4) is 0 Å². The number of ether oxygens (including phenoxy) is 1. The van der Waals surface area contributed by atoms with Crippen LogP contribution in [0.15, 0.2) is 23.2 Å². The summed E-state index contributed by atoms with van der Waals surface area (Å²) in [5.41, 5.74) is 3.40. The molecule has 0 aromatic heterocycles. The number of nitrogens with one attached hydrogen (secondary N) is 3. The molecule has 0 saturated carbocycles. The maximum atomic E-state index is 11.5. The van der Waals surface area contributed by atoms with Crippen molar-refractivity contribution in [3.63, 3.8) is 0 Å². The molecular weight excluding hydrogens is 443 g/mol. The van der Waals surface area contributed by atoms with Crippen LogP contribution in [0.25, 0.3) is 0 Å². The van der Waals surface area contributed by atoms with E-state index in [2.05, 4.69) is 53.0 Å². The second-order valence-corrected chi connectivity index (χ2v) is 7.10. The SMILES string of the molecule is CN=C(NCCNC(=O)OC(C)(C)C)NCCc1cc(C)cc(C)c1.I. The zero-order valence-corrected chi connectivity index (χ0v) is 19.1. The Hall–Kier alpha value is -1.51. The van der Waals surface area contributed by atoms with Gasteiger partial charge in [-0.3, -0.25) is 4.99 Å². The lowest BCUT2D eigenvalue weighted by atomic mass is 10.1. The van der Waals surface area contributed by atoms with Crippen LogP contribution in [0, 0.1) is 13.8 Å². The van der Waals surface area contributed by atoms with Gasteiger partial charge >= 0.3 is 6.09 Å². The van der Waals surface area contributed by atoms with Gasteiger partial charge in [0.25, 0.3) is 0 Å². The molecule has 0 fully saturated rings. The van der Waals surface area contributed by atoms with Crippen LogP contribution < -0.4 is 16.0 Å². The maximum Gasteiger partial charge on any atom is 0.407 e. The summed E-state index contributed by atoms with van der Waals surface area (Å²) in [6.45, 7) is 11.6. The van der Waals surface area contributed by atoms with Crippen LogP contribution in [0.2, 0.25) is 0 Å². The Morgan fingerprint density at radius 3 is 2.08 bits per heavy atom. The Balaban J connectivity index is 0.00000625. The maximum absolute atomic E-state index is 11.5. The molecule has 26 heavy (non-hydrogen) atoms. The minimum atomic E-state index is -0.483. The average molecular weight is 476 g/mol. The molecule has 0 aliphatic carbocycles. The van der Waals surface area contributed by atoms with Gasteiger partial charge in [-0.2, -0.15) is 0 Å². The van der Waals surface area contributed by atoms with Crippen LogP contribution in [0.5, 0.6) is 0 Å². The van der Waals surface area contributed by atoms with E-state index < -0.39 is 11.7 Å². The third-order valence-corrected chi connectivity index (χ3v) is 3.30. The van der Waals surface area contributed by atoms with Crippen LogP contribution in [-0.2, 0) is 11.2 Å². The first-order valence-electron chi connectivity index (χ1n) is 8.68. The van der Waals surface area contributed by atoms with E-state index in [4.69, 9.17) is 4.74 Å². The molecule has 0 bridgehead atoms. The monoisotopic (exact) mass is 476 g/mol. The van der Waals surface area contributed by atoms with Crippen molar-refractivity contribution < 1.29 is 9.53 Å². The van der Waals surface area contributed by atoms with Gasteiger partial charge in [-0.25, -0.2) is 4.79 Å². The van der Waals surface area contributed by atoms with E-state index in [0.717, 1.165) is 18.9 Å². The van der Waals surface area contributed by atoms with Crippen molar-refractivity contribution in [2.45, 2.75) is 46.6 Å². The van der Waals surface area contributed by atoms with Gasteiger partial charge in [0.2, 0.25) is 0 Å². The first-order chi connectivity index (χ1) is 11.7. The average Bonchev–Trinajstić information content (AvgIpc) is 2.46. The Labute approximate surface area is 174 Å². The van der Waals surface area contributed by atoms with Gasteiger partial charge in [0.05, 0.1) is 0 Å². The van der Waals surface area contributed by atoms with Gasteiger partial charge < -0.3 is 20.7 Å². The molecule has 1 rings (SSSR count). The lowest BCUT2D eigenvalue weighted by Crippen LogP contribution is -2.43. The molecule has 7 heteroatoms. The van der Waals surface area contributed by atoms with E-state index in [1.54, 1.807) is 7.05 Å². The molecule has 1 aromatic rings. The molecular formula is C19H33IN4O2. The molecule has 0 heterocycles. The smallest absolute Gasteiger partial charge is 0.407 e. The van der Waals surface area contributed by atoms with Gasteiger partial charge in [-0.15, -0.1) is 24.0 Å². The number of guanidine groups is 1. The second kappa shape index (κ2) is 12.0. The summed E-state index contributed by atoms with van der Waals surface area (Å²) < 4.78 is 5.18. The molecule has 1 amide bonds. The van der Waals surface area contributed by atoms with Gasteiger partial charge in [0, 0.05) is 26.7 Å². The number of amides is 1. The van der Waals surface area contributed by atoms with Crippen LogP contribution >= 0.6 is 24.0 Å². The van der Waals surface area contributed by atoms with Crippen molar-refractivity contribution >= 4 is 36.0 Å². The summed E-state index contributed by atoms with van der Waals surface area (Å²) in [5.74, 6) is 0.718. The fraction of sp³-hybridized carbons (Fsp3) is 0.579. The summed E-state index contributed by atoms with van der Waals surface area (Å²) in [4.78, 5) is 15.7. The Kier molecular flexibility index (Phi) is 11.3. The first-order valence-corrected chi connectivity index (χ1v) is 8.68. The summed E-state index contributed by atoms with van der Waals surface area (Å²) in [6, 6.07) is 6.58. The number of hydrogen-bond donors (Lipinski definition) is 3. The van der Waals surface area contributed by atoms with Crippen molar-refractivity contribution in [2.75, 3.05) is 26.7 Å². The summed E-state index contributed by atoms with van der Waals surface area (Å²) >= 11 is 0. The highest BCUT2D eigenvalue weighted by atomic mass is 127. The highest BCUT2D eigenvalue weighted by Gasteiger charge is 2.15. The summed E-state index contributed by atoms with van der Waals surface area (Å²) in [6.07, 6.45) is 0.520. The lowest BCUT2D eigenvalue weighted by Gasteiger charge is -2.20. The van der Waals surface area contributed by atoms with Gasteiger partial charge in [-0.1, -0.05) is 29.3 Å². The van der Waals surface area contributed by atoms with Crippen LogP contribution in [-0.4, -0.2) is 44.3 Å². The Bertz CT molecular complexity index is 577. The molecule has 6 nitrogen and oxygen atoms in total. The largest absolute Gasteiger partial charge is 0.444 e. The van der Waals surface area contributed by atoms with Gasteiger partial charge in [0.15, 0.2) is 5.96 Å². The molecule has 1 aromatic carbocycles. The number of benzene rings is 1. The number of nitrogens with zero attached hydrogens (tertiary/aromatic N) is 1. The van der Waals surface area contributed by atoms with E-state index >= 15 is 0 Å². The highest BCUT2D eigenvalue weighted by Crippen LogP contribution is 2.09. The van der Waals surface area contributed by atoms with Crippen molar-refractivity contribution in [1.82, 2.24) is 16.0 Å². The number of rotatable bonds is 6. The summed E-state index contributed by atoms with van der Waals surface area (Å²) in [5, 5.41) is 9.15. The van der Waals surface area contributed by atoms with Gasteiger partial charge in [-0.05, 0) is 46.6 Å². The Morgan fingerprint density at radius 2 is 1.54 bits per heavy atom. The molecule has 0 aliphatic heterocycles. The van der Waals surface area contributed by atoms with Crippen LogP contribution in [0.1, 0.15) is 37.5 Å². The van der Waals surface area contributed by atoms with Gasteiger partial charge in [0.1, 0.15) is 5.60 Å². The first kappa shape index (κ1) is 24.5. The molecule has 0 radical (unpaired) electrons. The van der Waals surface area contributed by atoms with Crippen LogP contribution in [0.3, 0.4) is 0 Å². The number of halogens is 1. The summed E-state index contributed by atoms with van der Waals surface area (Å²) in [7, 11) is 1.73. The van der Waals surface area contributed by atoms with Crippen molar-refractivity contribution in [1.29, 1.82) is 0 Å². The fourth-order valence-electron chi connectivity index (χ4n) is 2.42. The molecule has 0 spiro atoms. The predicted octanol–water partition coefficient (Wildman–Crippen LogP) is 3.15. The second-order valence-electron chi connectivity index (χ2n) is 7.10. The molecule has 0 aliphatic rings. The quantitative estimate of drug-likeness (QED) is 0.255. The third kappa shape index (κ3) is 11.2. The normalized spacial score (nSPS) is 11.4. The van der Waals surface area contributed by atoms with E-state index in [-0.39, 0.29) is 24.0 Å². The molecule has 3 N–H and O–H groups in total. The van der Waals surface area contributed by atoms with E-state index in [9.17, 15) is 4.79 Å². The fourth-order valence-corrected chi connectivity index (χ4v) is 2.42. The third-order valence-electron chi connectivity index (χ3n) is 3.30. The van der Waals surface area contributed by atoms with E-state index in [1.807, 2.05) is 20.8 Å². The number of hydrogen-bond acceptors (Lipinski definition) is 3. The standard InChI is InChI=1S/C19H32N4O2.HI/c1-14-11-15(2)13-16(12-14)7-8-21-17(20-6)22-9-10-23-18(24)25-19(3,4)5;/h11-13H,7-10H2,1-6H3,(H,23,24)(H2,20,21,22);1H. The molecule has 0 atom stereocenters.